The lowest BCUT2D eigenvalue weighted by atomic mass is 9.76. The van der Waals surface area contributed by atoms with Gasteiger partial charge in [0.1, 0.15) is 5.75 Å². The van der Waals surface area contributed by atoms with Crippen LogP contribution in [0.25, 0.3) is 0 Å². The number of benzene rings is 1. The molecule has 3 saturated carbocycles. The van der Waals surface area contributed by atoms with Crippen LogP contribution < -0.4 is 30.2 Å². The molecule has 3 aliphatic carbocycles. The van der Waals surface area contributed by atoms with Crippen LogP contribution >= 0.6 is 0 Å². The number of carbonyl (C=O) groups excluding carboxylic acids is 2. The summed E-state index contributed by atoms with van der Waals surface area (Å²) in [6.45, 7) is 0.628. The Morgan fingerprint density at radius 3 is 2.74 bits per heavy atom. The van der Waals surface area contributed by atoms with Crippen LogP contribution in [0.1, 0.15) is 38.5 Å². The van der Waals surface area contributed by atoms with E-state index in [1.807, 2.05) is 0 Å². The summed E-state index contributed by atoms with van der Waals surface area (Å²) < 4.78 is 40.3. The molecule has 8 nitrogen and oxygen atoms in total. The Hall–Kier alpha value is -2.62. The zero-order valence-corrected chi connectivity index (χ0v) is 16.9. The smallest absolute Gasteiger partial charge is 0.484 e. The summed E-state index contributed by atoms with van der Waals surface area (Å²) in [6, 6.07) is 3.97. The fourth-order valence-corrected chi connectivity index (χ4v) is 5.16. The molecule has 5 aliphatic rings. The van der Waals surface area contributed by atoms with Crippen LogP contribution in [-0.2, 0) is 9.59 Å². The zero-order chi connectivity index (χ0) is 21.6. The van der Waals surface area contributed by atoms with Crippen molar-refractivity contribution in [3.05, 3.63) is 18.2 Å². The molecule has 168 valence electrons. The number of hydrogen-bond donors (Lipinski definition) is 3. The van der Waals surface area contributed by atoms with Gasteiger partial charge >= 0.3 is 6.29 Å². The number of alkyl halides is 2. The standard InChI is InChI=1S/C21H25F2N3O5/c22-21(23)30-16-5-4-13(7-17(16)31-21)29-11-18(27)26-20-8-12(9-20)15(10-20)25-19(28)14-3-1-2-6-24-14/h4-5,7,12,14-15,24H,1-3,6,8-11H2,(H,25,28)(H,26,27)/t12?,14?,15-,20?/m0/s1. The normalized spacial score (nSPS) is 32.1. The van der Waals surface area contributed by atoms with Crippen LogP contribution in [0.15, 0.2) is 18.2 Å². The van der Waals surface area contributed by atoms with E-state index >= 15 is 0 Å². The van der Waals surface area contributed by atoms with Crippen molar-refractivity contribution in [2.24, 2.45) is 5.92 Å². The highest BCUT2D eigenvalue weighted by Crippen LogP contribution is 2.52. The molecule has 2 amide bonds. The van der Waals surface area contributed by atoms with Crippen LogP contribution in [0, 0.1) is 5.92 Å². The molecule has 1 aromatic rings. The molecule has 0 radical (unpaired) electrons. The predicted octanol–water partition coefficient (Wildman–Crippen LogP) is 1.68. The Kier molecular flexibility index (Phi) is 4.91. The van der Waals surface area contributed by atoms with Crippen LogP contribution in [0.2, 0.25) is 0 Å². The van der Waals surface area contributed by atoms with Gasteiger partial charge in [-0.2, -0.15) is 0 Å². The van der Waals surface area contributed by atoms with Gasteiger partial charge in [0.05, 0.1) is 6.04 Å². The van der Waals surface area contributed by atoms with Gasteiger partial charge < -0.3 is 30.2 Å². The van der Waals surface area contributed by atoms with Crippen molar-refractivity contribution in [1.29, 1.82) is 0 Å². The molecule has 31 heavy (non-hydrogen) atoms. The van der Waals surface area contributed by atoms with Crippen molar-refractivity contribution in [1.82, 2.24) is 16.0 Å². The van der Waals surface area contributed by atoms with E-state index in [-0.39, 0.29) is 53.3 Å². The van der Waals surface area contributed by atoms with E-state index in [1.54, 1.807) is 0 Å². The van der Waals surface area contributed by atoms with Gasteiger partial charge in [-0.25, -0.2) is 0 Å². The van der Waals surface area contributed by atoms with Crippen molar-refractivity contribution < 1.29 is 32.6 Å². The number of amides is 2. The molecule has 1 saturated heterocycles. The van der Waals surface area contributed by atoms with Crippen LogP contribution in [0.3, 0.4) is 0 Å². The summed E-state index contributed by atoms with van der Waals surface area (Å²) in [4.78, 5) is 24.9. The van der Waals surface area contributed by atoms with Gasteiger partial charge in [0.2, 0.25) is 5.91 Å². The SMILES string of the molecule is O=C(COc1ccc2c(c1)OC(F)(F)O2)NC12CC(C1)[C@@H](NC(=O)C1CCCCN1)C2. The molecule has 0 aromatic heterocycles. The molecule has 2 heterocycles. The summed E-state index contributed by atoms with van der Waals surface area (Å²) in [5, 5.41) is 9.45. The van der Waals surface area contributed by atoms with Gasteiger partial charge in [0.15, 0.2) is 18.1 Å². The lowest BCUT2D eigenvalue weighted by Crippen LogP contribution is -2.53. The molecule has 3 N–H and O–H groups in total. The fourth-order valence-electron chi connectivity index (χ4n) is 5.16. The number of halogens is 2. The van der Waals surface area contributed by atoms with Gasteiger partial charge in [-0.15, -0.1) is 8.78 Å². The summed E-state index contributed by atoms with van der Waals surface area (Å²) in [6.07, 6.45) is 1.71. The molecular weight excluding hydrogens is 412 g/mol. The number of hydrogen-bond acceptors (Lipinski definition) is 6. The summed E-state index contributed by atoms with van der Waals surface area (Å²) in [5.41, 5.74) is -0.306. The van der Waals surface area contributed by atoms with Crippen molar-refractivity contribution in [3.8, 4) is 17.2 Å². The maximum atomic E-state index is 13.1. The average Bonchev–Trinajstić information content (AvgIpc) is 3.32. The number of carbonyl (C=O) groups is 2. The highest BCUT2D eigenvalue weighted by atomic mass is 19.3. The molecule has 6 rings (SSSR count). The van der Waals surface area contributed by atoms with Crippen LogP contribution in [0.5, 0.6) is 17.2 Å². The molecule has 2 aliphatic heterocycles. The molecule has 10 heteroatoms. The molecule has 1 unspecified atom stereocenters. The van der Waals surface area contributed by atoms with E-state index in [2.05, 4.69) is 25.4 Å². The Balaban J connectivity index is 1.09. The topological polar surface area (TPSA) is 97.9 Å². The quantitative estimate of drug-likeness (QED) is 0.627. The third kappa shape index (κ3) is 4.13. The van der Waals surface area contributed by atoms with Gasteiger partial charge in [0, 0.05) is 17.6 Å². The summed E-state index contributed by atoms with van der Waals surface area (Å²) >= 11 is 0. The lowest BCUT2D eigenvalue weighted by Gasteiger charge is -2.39. The second-order valence-corrected chi connectivity index (χ2v) is 8.88. The first-order valence-corrected chi connectivity index (χ1v) is 10.7. The molecule has 2 atom stereocenters. The minimum absolute atomic E-state index is 0.0513. The number of ether oxygens (including phenoxy) is 3. The van der Waals surface area contributed by atoms with E-state index in [9.17, 15) is 18.4 Å². The van der Waals surface area contributed by atoms with Crippen molar-refractivity contribution in [2.75, 3.05) is 13.2 Å². The number of piperidine rings is 1. The average molecular weight is 437 g/mol. The first kappa shape index (κ1) is 20.3. The Morgan fingerprint density at radius 2 is 1.97 bits per heavy atom. The van der Waals surface area contributed by atoms with E-state index in [0.717, 1.165) is 38.6 Å². The molecule has 1 aromatic carbocycles. The molecule has 4 fully saturated rings. The van der Waals surface area contributed by atoms with Crippen molar-refractivity contribution in [3.63, 3.8) is 0 Å². The van der Waals surface area contributed by atoms with Gasteiger partial charge in [-0.1, -0.05) is 6.42 Å². The third-order valence-corrected chi connectivity index (χ3v) is 6.59. The van der Waals surface area contributed by atoms with E-state index in [0.29, 0.717) is 12.3 Å². The maximum absolute atomic E-state index is 13.1. The third-order valence-electron chi connectivity index (χ3n) is 6.59. The van der Waals surface area contributed by atoms with Gasteiger partial charge in [-0.05, 0) is 56.7 Å². The fraction of sp³-hybridized carbons (Fsp3) is 0.619. The van der Waals surface area contributed by atoms with Crippen molar-refractivity contribution in [2.45, 2.75) is 62.4 Å². The minimum Gasteiger partial charge on any atom is -0.484 e. The Bertz CT molecular complexity index is 884. The predicted molar refractivity (Wildman–Crippen MR) is 104 cm³/mol. The highest BCUT2D eigenvalue weighted by molar-refractivity contribution is 5.82. The monoisotopic (exact) mass is 437 g/mol. The van der Waals surface area contributed by atoms with Gasteiger partial charge in [-0.3, -0.25) is 9.59 Å². The van der Waals surface area contributed by atoms with Crippen LogP contribution in [0.4, 0.5) is 8.78 Å². The number of nitrogens with one attached hydrogen (secondary N) is 3. The largest absolute Gasteiger partial charge is 0.586 e. The second-order valence-electron chi connectivity index (χ2n) is 8.88. The molecular formula is C21H25F2N3O5. The van der Waals surface area contributed by atoms with Crippen LogP contribution in [-0.4, -0.2) is 48.9 Å². The van der Waals surface area contributed by atoms with E-state index in [4.69, 9.17) is 4.74 Å². The first-order valence-electron chi connectivity index (χ1n) is 10.7. The first-order chi connectivity index (χ1) is 14.8. The highest BCUT2D eigenvalue weighted by Gasteiger charge is 2.57. The molecule has 0 spiro atoms. The van der Waals surface area contributed by atoms with Crippen molar-refractivity contribution >= 4 is 11.8 Å². The maximum Gasteiger partial charge on any atom is 0.586 e. The number of fused-ring (bicyclic) bond motifs is 2. The molecule has 2 bridgehead atoms. The van der Waals surface area contributed by atoms with E-state index in [1.165, 1.54) is 18.2 Å². The minimum atomic E-state index is -3.69. The van der Waals surface area contributed by atoms with E-state index < -0.39 is 6.29 Å². The van der Waals surface area contributed by atoms with Gasteiger partial charge in [0.25, 0.3) is 5.91 Å². The zero-order valence-electron chi connectivity index (χ0n) is 16.9. The second kappa shape index (κ2) is 7.51. The Morgan fingerprint density at radius 1 is 1.16 bits per heavy atom. The Labute approximate surface area is 178 Å². The lowest BCUT2D eigenvalue weighted by molar-refractivity contribution is -0.286. The summed E-state index contributed by atoms with van der Waals surface area (Å²) in [5.74, 6) is 0.159. The number of rotatable bonds is 6. The summed E-state index contributed by atoms with van der Waals surface area (Å²) in [7, 11) is 0.